The van der Waals surface area contributed by atoms with E-state index in [9.17, 15) is 4.79 Å². The molecule has 0 aromatic heterocycles. The topological polar surface area (TPSA) is 50.4 Å². The quantitative estimate of drug-likeness (QED) is 0.774. The highest BCUT2D eigenvalue weighted by molar-refractivity contribution is 9.11. The number of halogens is 1. The van der Waals surface area contributed by atoms with Crippen LogP contribution in [0, 0.1) is 0 Å². The van der Waals surface area contributed by atoms with Crippen LogP contribution in [-0.2, 0) is 9.53 Å². The smallest absolute Gasteiger partial charge is 0.240 e. The van der Waals surface area contributed by atoms with E-state index in [2.05, 4.69) is 33.1 Å². The van der Waals surface area contributed by atoms with Gasteiger partial charge >= 0.3 is 0 Å². The van der Waals surface area contributed by atoms with Crippen molar-refractivity contribution in [1.29, 1.82) is 0 Å². The van der Waals surface area contributed by atoms with Crippen LogP contribution in [-0.4, -0.2) is 37.7 Å². The number of amides is 1. The highest BCUT2D eigenvalue weighted by Crippen LogP contribution is 2.04. The first-order valence-corrected chi connectivity index (χ1v) is 5.36. The molecule has 1 aliphatic rings. The Bertz CT molecular complexity index is 233. The van der Waals surface area contributed by atoms with E-state index in [4.69, 9.17) is 4.74 Å². The van der Waals surface area contributed by atoms with E-state index >= 15 is 0 Å². The molecule has 1 fully saturated rings. The predicted octanol–water partition coefficient (Wildman–Crippen LogP) is 0.388. The molecule has 0 aliphatic carbocycles. The highest BCUT2D eigenvalue weighted by atomic mass is 79.9. The fourth-order valence-corrected chi connectivity index (χ4v) is 1.46. The van der Waals surface area contributed by atoms with Gasteiger partial charge in [0.15, 0.2) is 0 Å². The predicted molar refractivity (Wildman–Crippen MR) is 58.3 cm³/mol. The summed E-state index contributed by atoms with van der Waals surface area (Å²) in [7, 11) is 0. The van der Waals surface area contributed by atoms with Gasteiger partial charge in [-0.2, -0.15) is 0 Å². The molecule has 1 amide bonds. The maximum Gasteiger partial charge on any atom is 0.240 e. The standard InChI is InChI=1S/C9H15BrN2O2/c1-6(10)5-12-9(13)8-7(2)14-4-3-11-8/h7-8,11H,1,3-5H2,2H3,(H,12,13)/t7-,8+/m1/s1. The lowest BCUT2D eigenvalue weighted by atomic mass is 10.1. The van der Waals surface area contributed by atoms with Gasteiger partial charge in [-0.3, -0.25) is 4.79 Å². The fraction of sp³-hybridized carbons (Fsp3) is 0.667. The highest BCUT2D eigenvalue weighted by Gasteiger charge is 2.27. The van der Waals surface area contributed by atoms with Crippen LogP contribution in [0.2, 0.25) is 0 Å². The van der Waals surface area contributed by atoms with Gasteiger partial charge in [-0.25, -0.2) is 0 Å². The maximum atomic E-state index is 11.6. The van der Waals surface area contributed by atoms with E-state index in [1.54, 1.807) is 0 Å². The van der Waals surface area contributed by atoms with Gasteiger partial charge in [-0.15, -0.1) is 0 Å². The number of carbonyl (C=O) groups excluding carboxylic acids is 1. The first-order chi connectivity index (χ1) is 6.61. The summed E-state index contributed by atoms with van der Waals surface area (Å²) in [5.41, 5.74) is 0. The third-order valence-electron chi connectivity index (χ3n) is 2.05. The third kappa shape index (κ3) is 3.40. The molecule has 2 N–H and O–H groups in total. The fourth-order valence-electron chi connectivity index (χ4n) is 1.32. The molecule has 14 heavy (non-hydrogen) atoms. The van der Waals surface area contributed by atoms with Crippen LogP contribution < -0.4 is 10.6 Å². The second-order valence-corrected chi connectivity index (χ2v) is 4.36. The number of ether oxygens (including phenoxy) is 1. The molecular formula is C9H15BrN2O2. The average Bonchev–Trinajstić information content (AvgIpc) is 2.15. The van der Waals surface area contributed by atoms with E-state index in [1.165, 1.54) is 0 Å². The Balaban J connectivity index is 2.38. The number of carbonyl (C=O) groups is 1. The summed E-state index contributed by atoms with van der Waals surface area (Å²) in [6, 6.07) is -0.254. The van der Waals surface area contributed by atoms with Crippen LogP contribution in [0.1, 0.15) is 6.92 Å². The minimum Gasteiger partial charge on any atom is -0.375 e. The van der Waals surface area contributed by atoms with Crippen LogP contribution in [0.3, 0.4) is 0 Å². The lowest BCUT2D eigenvalue weighted by Crippen LogP contribution is -2.55. The zero-order valence-electron chi connectivity index (χ0n) is 8.18. The molecule has 1 saturated heterocycles. The Morgan fingerprint density at radius 3 is 3.07 bits per heavy atom. The molecule has 1 heterocycles. The molecule has 5 heteroatoms. The van der Waals surface area contributed by atoms with Gasteiger partial charge in [-0.05, 0) is 6.92 Å². The number of nitrogens with one attached hydrogen (secondary N) is 2. The van der Waals surface area contributed by atoms with Gasteiger partial charge in [0, 0.05) is 17.6 Å². The number of rotatable bonds is 3. The Hall–Kier alpha value is -0.390. The molecule has 0 aromatic rings. The van der Waals surface area contributed by atoms with Crippen molar-refractivity contribution >= 4 is 21.8 Å². The van der Waals surface area contributed by atoms with Crippen LogP contribution in [0.25, 0.3) is 0 Å². The van der Waals surface area contributed by atoms with Crippen molar-refractivity contribution < 1.29 is 9.53 Å². The minimum absolute atomic E-state index is 0.0437. The summed E-state index contributed by atoms with van der Waals surface area (Å²) in [4.78, 5) is 11.6. The summed E-state index contributed by atoms with van der Waals surface area (Å²) in [6.45, 7) is 7.36. The zero-order valence-corrected chi connectivity index (χ0v) is 9.76. The Morgan fingerprint density at radius 2 is 2.50 bits per heavy atom. The first-order valence-electron chi connectivity index (χ1n) is 4.57. The number of morpholine rings is 1. The lowest BCUT2D eigenvalue weighted by Gasteiger charge is -2.29. The molecular weight excluding hydrogens is 248 g/mol. The Labute approximate surface area is 92.2 Å². The number of hydrogen-bond donors (Lipinski definition) is 2. The molecule has 2 atom stereocenters. The van der Waals surface area contributed by atoms with Gasteiger partial charge in [0.2, 0.25) is 5.91 Å². The minimum atomic E-state index is -0.254. The molecule has 1 aliphatic heterocycles. The van der Waals surface area contributed by atoms with Crippen molar-refractivity contribution in [1.82, 2.24) is 10.6 Å². The summed E-state index contributed by atoms with van der Waals surface area (Å²) < 4.78 is 6.12. The van der Waals surface area contributed by atoms with E-state index < -0.39 is 0 Å². The lowest BCUT2D eigenvalue weighted by molar-refractivity contribution is -0.128. The van der Waals surface area contributed by atoms with Crippen LogP contribution in [0.5, 0.6) is 0 Å². The molecule has 0 saturated carbocycles. The normalized spacial score (nSPS) is 27.0. The van der Waals surface area contributed by atoms with E-state index in [0.717, 1.165) is 11.0 Å². The van der Waals surface area contributed by atoms with Crippen molar-refractivity contribution in [2.75, 3.05) is 19.7 Å². The van der Waals surface area contributed by atoms with Crippen molar-refractivity contribution in [3.8, 4) is 0 Å². The average molecular weight is 263 g/mol. The zero-order chi connectivity index (χ0) is 10.6. The van der Waals surface area contributed by atoms with Crippen molar-refractivity contribution in [2.24, 2.45) is 0 Å². The molecule has 0 radical (unpaired) electrons. The van der Waals surface area contributed by atoms with E-state index in [1.807, 2.05) is 6.92 Å². The molecule has 80 valence electrons. The van der Waals surface area contributed by atoms with Crippen molar-refractivity contribution in [3.05, 3.63) is 11.1 Å². The third-order valence-corrected chi connectivity index (χ3v) is 2.33. The summed E-state index contributed by atoms with van der Waals surface area (Å²) in [6.07, 6.45) is -0.0765. The Morgan fingerprint density at radius 1 is 1.79 bits per heavy atom. The molecule has 0 bridgehead atoms. The van der Waals surface area contributed by atoms with Gasteiger partial charge in [0.05, 0.1) is 12.7 Å². The van der Waals surface area contributed by atoms with E-state index in [0.29, 0.717) is 13.2 Å². The Kier molecular flexibility index (Phi) is 4.57. The van der Waals surface area contributed by atoms with Gasteiger partial charge < -0.3 is 15.4 Å². The molecule has 0 unspecified atom stereocenters. The van der Waals surface area contributed by atoms with Crippen molar-refractivity contribution in [2.45, 2.75) is 19.1 Å². The van der Waals surface area contributed by atoms with Crippen molar-refractivity contribution in [3.63, 3.8) is 0 Å². The van der Waals surface area contributed by atoms with Crippen LogP contribution in [0.15, 0.2) is 11.1 Å². The van der Waals surface area contributed by atoms with Crippen LogP contribution >= 0.6 is 15.9 Å². The molecule has 0 spiro atoms. The largest absolute Gasteiger partial charge is 0.375 e. The second kappa shape index (κ2) is 5.48. The molecule has 4 nitrogen and oxygen atoms in total. The molecule has 0 aromatic carbocycles. The summed E-state index contributed by atoms with van der Waals surface area (Å²) >= 11 is 3.18. The van der Waals surface area contributed by atoms with E-state index in [-0.39, 0.29) is 18.1 Å². The SMILES string of the molecule is C=C(Br)CNC(=O)[C@H]1NCCO[C@@H]1C. The molecule has 1 rings (SSSR count). The second-order valence-electron chi connectivity index (χ2n) is 3.24. The monoisotopic (exact) mass is 262 g/mol. The van der Waals surface area contributed by atoms with Crippen LogP contribution in [0.4, 0.5) is 0 Å². The van der Waals surface area contributed by atoms with Gasteiger partial charge in [0.25, 0.3) is 0 Å². The summed E-state index contributed by atoms with van der Waals surface area (Å²) in [5, 5.41) is 5.86. The maximum absolute atomic E-state index is 11.6. The summed E-state index contributed by atoms with van der Waals surface area (Å²) in [5.74, 6) is -0.0437. The van der Waals surface area contributed by atoms with Gasteiger partial charge in [0.1, 0.15) is 6.04 Å². The first kappa shape index (κ1) is 11.7. The number of hydrogen-bond acceptors (Lipinski definition) is 3. The van der Waals surface area contributed by atoms with Gasteiger partial charge in [-0.1, -0.05) is 22.5 Å².